The molecule has 71 heavy (non-hydrogen) atoms. The maximum Gasteiger partial charge on any atom is 0.220 e. The summed E-state index contributed by atoms with van der Waals surface area (Å²) in [6, 6.07) is -0.834. The van der Waals surface area contributed by atoms with E-state index in [0.717, 1.165) is 109 Å². The molecule has 1 amide bonds. The summed E-state index contributed by atoms with van der Waals surface area (Å²) in [6.07, 6.45) is 39.2. The first-order chi connectivity index (χ1) is 34.6. The molecule has 0 radical (unpaired) electrons. The Hall–Kier alpha value is -2.83. The SMILES string of the molecule is CC/C=C\C/C=C\C/C=C\C/C=C\C/C=C\C/C=C\C/C=C\CCCCCCCCCCCC(=O)NC(COC1OC(CO)C(OC2OC(CO)C(O)C(O)C2O)C(O)C1O)C(O)CCCCCCCC. The molecule has 0 aliphatic carbocycles. The molecule has 0 aromatic heterocycles. The fraction of sp³-hybridized carbons (Fsp3) is 0.737. The van der Waals surface area contributed by atoms with Crippen molar-refractivity contribution in [3.05, 3.63) is 85.1 Å². The fourth-order valence-corrected chi connectivity index (χ4v) is 8.45. The third-order valence-electron chi connectivity index (χ3n) is 12.9. The van der Waals surface area contributed by atoms with Crippen LogP contribution in [-0.4, -0.2) is 140 Å². The Bertz CT molecular complexity index is 1510. The fourth-order valence-electron chi connectivity index (χ4n) is 8.45. The third kappa shape index (κ3) is 29.0. The van der Waals surface area contributed by atoms with Crippen LogP contribution in [0.25, 0.3) is 0 Å². The van der Waals surface area contributed by atoms with Crippen LogP contribution in [-0.2, 0) is 23.7 Å². The molecule has 2 heterocycles. The normalized spacial score (nSPS) is 26.5. The first kappa shape index (κ1) is 64.3. The standard InChI is InChI=1S/C57H97NO13/c1-3-5-7-9-11-12-13-14-15-16-17-18-19-20-21-22-23-24-25-26-27-28-29-30-31-32-33-34-35-37-39-41-49(62)58-45(46(61)40-38-36-10-8-6-4-2)44-68-56-54(67)52(65)55(48(43-60)70-56)71-57-53(66)51(64)50(63)47(42-59)69-57/h5,7,11-12,14-15,17-18,20-21,23-24,26-27,45-48,50-57,59-61,63-67H,3-4,6,8-10,13,16,19,22,25,28-44H2,1-2H3,(H,58,62)/b7-5-,12-11-,15-14-,18-17-,21-20-,24-23-,27-26-. The van der Waals surface area contributed by atoms with Crippen LogP contribution >= 0.6 is 0 Å². The van der Waals surface area contributed by atoms with Gasteiger partial charge < -0.3 is 65.1 Å². The quantitative estimate of drug-likeness (QED) is 0.0208. The van der Waals surface area contributed by atoms with Gasteiger partial charge in [0.05, 0.1) is 32.0 Å². The average Bonchev–Trinajstić information content (AvgIpc) is 3.37. The highest BCUT2D eigenvalue weighted by Crippen LogP contribution is 2.30. The van der Waals surface area contributed by atoms with Crippen molar-refractivity contribution in [2.24, 2.45) is 0 Å². The van der Waals surface area contributed by atoms with Crippen LogP contribution in [0.5, 0.6) is 0 Å². The largest absolute Gasteiger partial charge is 0.394 e. The molecule has 14 nitrogen and oxygen atoms in total. The number of unbranched alkanes of at least 4 members (excludes halogenated alkanes) is 14. The zero-order chi connectivity index (χ0) is 51.7. The van der Waals surface area contributed by atoms with Crippen LogP contribution in [0.4, 0.5) is 0 Å². The van der Waals surface area contributed by atoms with Crippen molar-refractivity contribution in [1.82, 2.24) is 5.32 Å². The number of amides is 1. The predicted molar refractivity (Wildman–Crippen MR) is 281 cm³/mol. The molecule has 2 aliphatic heterocycles. The van der Waals surface area contributed by atoms with Crippen molar-refractivity contribution in [2.75, 3.05) is 19.8 Å². The van der Waals surface area contributed by atoms with Crippen molar-refractivity contribution in [3.8, 4) is 0 Å². The average molecular weight is 1000 g/mol. The molecule has 0 spiro atoms. The molecular weight excluding hydrogens is 907 g/mol. The van der Waals surface area contributed by atoms with E-state index in [1.165, 1.54) is 32.1 Å². The molecular formula is C57H97NO13. The second-order valence-electron chi connectivity index (χ2n) is 19.0. The molecule has 2 saturated heterocycles. The second kappa shape index (κ2) is 42.5. The summed E-state index contributed by atoms with van der Waals surface area (Å²) < 4.78 is 22.7. The van der Waals surface area contributed by atoms with Crippen LogP contribution in [0.3, 0.4) is 0 Å². The van der Waals surface area contributed by atoms with Gasteiger partial charge in [-0.3, -0.25) is 4.79 Å². The van der Waals surface area contributed by atoms with Gasteiger partial charge in [0.2, 0.25) is 5.91 Å². The number of hydrogen-bond acceptors (Lipinski definition) is 13. The monoisotopic (exact) mass is 1000 g/mol. The van der Waals surface area contributed by atoms with E-state index in [1.807, 2.05) is 0 Å². The van der Waals surface area contributed by atoms with Crippen molar-refractivity contribution < 1.29 is 64.6 Å². The van der Waals surface area contributed by atoms with E-state index in [1.54, 1.807) is 0 Å². The van der Waals surface area contributed by atoms with Gasteiger partial charge >= 0.3 is 0 Å². The van der Waals surface area contributed by atoms with Crippen LogP contribution in [0.1, 0.15) is 174 Å². The van der Waals surface area contributed by atoms with Crippen LogP contribution in [0.2, 0.25) is 0 Å². The van der Waals surface area contributed by atoms with Gasteiger partial charge in [-0.2, -0.15) is 0 Å². The smallest absolute Gasteiger partial charge is 0.220 e. The summed E-state index contributed by atoms with van der Waals surface area (Å²) >= 11 is 0. The lowest BCUT2D eigenvalue weighted by molar-refractivity contribution is -0.359. The Morgan fingerprint density at radius 2 is 0.972 bits per heavy atom. The molecule has 0 aromatic rings. The first-order valence-electron chi connectivity index (χ1n) is 27.3. The lowest BCUT2D eigenvalue weighted by Crippen LogP contribution is -2.65. The molecule has 9 N–H and O–H groups in total. The summed E-state index contributed by atoms with van der Waals surface area (Å²) in [5, 5.41) is 86.6. The van der Waals surface area contributed by atoms with Gasteiger partial charge in [-0.15, -0.1) is 0 Å². The highest BCUT2D eigenvalue weighted by atomic mass is 16.7. The lowest BCUT2D eigenvalue weighted by atomic mass is 9.97. The van der Waals surface area contributed by atoms with Crippen molar-refractivity contribution in [1.29, 1.82) is 0 Å². The lowest BCUT2D eigenvalue weighted by Gasteiger charge is -2.46. The summed E-state index contributed by atoms with van der Waals surface area (Å²) in [5.74, 6) is -0.224. The molecule has 14 heteroatoms. The van der Waals surface area contributed by atoms with Crippen LogP contribution in [0, 0.1) is 0 Å². The number of carbonyl (C=O) groups is 1. The number of allylic oxidation sites excluding steroid dienone is 14. The van der Waals surface area contributed by atoms with E-state index in [-0.39, 0.29) is 12.5 Å². The number of carbonyl (C=O) groups excluding carboxylic acids is 1. The molecule has 0 bridgehead atoms. The zero-order valence-electron chi connectivity index (χ0n) is 43.4. The highest BCUT2D eigenvalue weighted by Gasteiger charge is 2.51. The number of aliphatic hydroxyl groups is 8. The number of aliphatic hydroxyl groups excluding tert-OH is 8. The summed E-state index contributed by atoms with van der Waals surface area (Å²) in [7, 11) is 0. The Balaban J connectivity index is 1.63. The molecule has 408 valence electrons. The van der Waals surface area contributed by atoms with Gasteiger partial charge in [0.15, 0.2) is 12.6 Å². The number of nitrogens with one attached hydrogen (secondary N) is 1. The number of rotatable bonds is 41. The zero-order valence-corrected chi connectivity index (χ0v) is 43.4. The van der Waals surface area contributed by atoms with Crippen LogP contribution in [0.15, 0.2) is 85.1 Å². The van der Waals surface area contributed by atoms with E-state index in [0.29, 0.717) is 19.3 Å². The first-order valence-corrected chi connectivity index (χ1v) is 27.3. The highest BCUT2D eigenvalue weighted by molar-refractivity contribution is 5.76. The van der Waals surface area contributed by atoms with Crippen LogP contribution < -0.4 is 5.32 Å². The minimum Gasteiger partial charge on any atom is -0.394 e. The van der Waals surface area contributed by atoms with E-state index < -0.39 is 86.8 Å². The van der Waals surface area contributed by atoms with E-state index >= 15 is 0 Å². The molecule has 0 saturated carbocycles. The molecule has 2 rings (SSSR count). The predicted octanol–water partition coefficient (Wildman–Crippen LogP) is 8.16. The molecule has 2 aliphatic rings. The second-order valence-corrected chi connectivity index (χ2v) is 19.0. The summed E-state index contributed by atoms with van der Waals surface area (Å²) in [6.45, 7) is 2.64. The van der Waals surface area contributed by atoms with E-state index in [2.05, 4.69) is 104 Å². The molecule has 12 unspecified atom stereocenters. The summed E-state index contributed by atoms with van der Waals surface area (Å²) in [5.41, 5.74) is 0. The van der Waals surface area contributed by atoms with Crippen molar-refractivity contribution in [2.45, 2.75) is 248 Å². The van der Waals surface area contributed by atoms with Gasteiger partial charge in [-0.1, -0.05) is 182 Å². The topological polar surface area (TPSA) is 228 Å². The van der Waals surface area contributed by atoms with Crippen molar-refractivity contribution in [3.63, 3.8) is 0 Å². The van der Waals surface area contributed by atoms with Gasteiger partial charge in [0.25, 0.3) is 0 Å². The van der Waals surface area contributed by atoms with Gasteiger partial charge in [-0.25, -0.2) is 0 Å². The Morgan fingerprint density at radius 3 is 1.49 bits per heavy atom. The number of hydrogen-bond donors (Lipinski definition) is 9. The van der Waals surface area contributed by atoms with Gasteiger partial charge in [-0.05, 0) is 70.6 Å². The van der Waals surface area contributed by atoms with Gasteiger partial charge in [0, 0.05) is 6.42 Å². The Morgan fingerprint density at radius 1 is 0.521 bits per heavy atom. The Kier molecular flexibility index (Phi) is 38.5. The maximum absolute atomic E-state index is 13.1. The third-order valence-corrected chi connectivity index (χ3v) is 12.9. The number of ether oxygens (including phenoxy) is 4. The van der Waals surface area contributed by atoms with Gasteiger partial charge in [0.1, 0.15) is 48.8 Å². The minimum absolute atomic E-state index is 0.224. The Labute approximate surface area is 427 Å². The minimum atomic E-state index is -1.78. The molecule has 0 aromatic carbocycles. The van der Waals surface area contributed by atoms with E-state index in [4.69, 9.17) is 18.9 Å². The molecule has 12 atom stereocenters. The summed E-state index contributed by atoms with van der Waals surface area (Å²) in [4.78, 5) is 13.1. The van der Waals surface area contributed by atoms with Crippen molar-refractivity contribution >= 4 is 5.91 Å². The van der Waals surface area contributed by atoms with E-state index in [9.17, 15) is 45.6 Å². The molecule has 2 fully saturated rings. The maximum atomic E-state index is 13.1.